The first-order valence-electron chi connectivity index (χ1n) is 9.64. The van der Waals surface area contributed by atoms with Gasteiger partial charge in [-0.3, -0.25) is 4.79 Å². The molecule has 0 aliphatic carbocycles. The third-order valence-electron chi connectivity index (χ3n) is 4.52. The first-order valence-corrected chi connectivity index (χ1v) is 9.64. The molecule has 0 spiro atoms. The van der Waals surface area contributed by atoms with Gasteiger partial charge < -0.3 is 18.9 Å². The van der Waals surface area contributed by atoms with E-state index in [2.05, 4.69) is 10.5 Å². The van der Waals surface area contributed by atoms with Crippen LogP contribution in [0, 0.1) is 5.82 Å². The number of benzene rings is 3. The normalized spacial score (nSPS) is 10.6. The van der Waals surface area contributed by atoms with E-state index in [1.807, 2.05) is 0 Å². The quantitative estimate of drug-likeness (QED) is 0.400. The molecule has 0 unspecified atom stereocenters. The van der Waals surface area contributed by atoms with Gasteiger partial charge in [-0.05, 0) is 42.0 Å². The number of carbonyl (C=O) groups is 1. The van der Waals surface area contributed by atoms with E-state index < -0.39 is 5.91 Å². The summed E-state index contributed by atoms with van der Waals surface area (Å²) in [4.78, 5) is 12.4. The van der Waals surface area contributed by atoms with Crippen LogP contribution in [0.4, 0.5) is 4.39 Å². The molecule has 0 aromatic heterocycles. The Morgan fingerprint density at radius 3 is 2.31 bits per heavy atom. The van der Waals surface area contributed by atoms with Crippen molar-refractivity contribution in [3.05, 3.63) is 83.2 Å². The second-order valence-corrected chi connectivity index (χ2v) is 6.59. The third-order valence-corrected chi connectivity index (χ3v) is 4.52. The minimum absolute atomic E-state index is 0.0660. The first kappa shape index (κ1) is 22.6. The molecule has 0 aliphatic rings. The van der Waals surface area contributed by atoms with Crippen LogP contribution in [0.5, 0.6) is 23.0 Å². The fourth-order valence-electron chi connectivity index (χ4n) is 2.82. The molecule has 1 amide bonds. The Hall–Kier alpha value is -4.07. The standard InChI is InChI=1S/C24H23FN2O5/c1-29-19-11-18(12-20(13-19)30-2)24(28)27-26-14-16-8-9-22(23(10-16)31-3)32-15-17-6-4-5-7-21(17)25/h4-14H,15H2,1-3H3,(H,27,28)/b26-14+. The minimum atomic E-state index is -0.421. The fourth-order valence-corrected chi connectivity index (χ4v) is 2.82. The number of ether oxygens (including phenoxy) is 4. The van der Waals surface area contributed by atoms with Gasteiger partial charge in [-0.1, -0.05) is 18.2 Å². The molecule has 0 radical (unpaired) electrons. The Balaban J connectivity index is 1.66. The van der Waals surface area contributed by atoms with Crippen molar-refractivity contribution in [2.24, 2.45) is 5.10 Å². The lowest BCUT2D eigenvalue weighted by molar-refractivity contribution is 0.0954. The number of nitrogens with one attached hydrogen (secondary N) is 1. The van der Waals surface area contributed by atoms with E-state index in [0.29, 0.717) is 39.7 Å². The highest BCUT2D eigenvalue weighted by Gasteiger charge is 2.10. The molecule has 166 valence electrons. The SMILES string of the molecule is COc1cc(OC)cc(C(=O)N/N=C/c2ccc(OCc3ccccc3F)c(OC)c2)c1. The van der Waals surface area contributed by atoms with Gasteiger partial charge in [0.05, 0.1) is 27.5 Å². The second kappa shape index (κ2) is 10.8. The van der Waals surface area contributed by atoms with Crippen LogP contribution in [0.2, 0.25) is 0 Å². The van der Waals surface area contributed by atoms with Crippen molar-refractivity contribution in [1.29, 1.82) is 0 Å². The molecule has 0 saturated heterocycles. The highest BCUT2D eigenvalue weighted by atomic mass is 19.1. The zero-order valence-corrected chi connectivity index (χ0v) is 17.9. The van der Waals surface area contributed by atoms with Gasteiger partial charge >= 0.3 is 0 Å². The number of carbonyl (C=O) groups excluding carboxylic acids is 1. The van der Waals surface area contributed by atoms with E-state index in [4.69, 9.17) is 18.9 Å². The molecule has 3 rings (SSSR count). The smallest absolute Gasteiger partial charge is 0.271 e. The topological polar surface area (TPSA) is 78.4 Å². The van der Waals surface area contributed by atoms with E-state index in [9.17, 15) is 9.18 Å². The summed E-state index contributed by atoms with van der Waals surface area (Å²) in [7, 11) is 4.52. The van der Waals surface area contributed by atoms with Crippen molar-refractivity contribution in [2.75, 3.05) is 21.3 Å². The zero-order chi connectivity index (χ0) is 22.9. The molecular formula is C24H23FN2O5. The predicted molar refractivity (Wildman–Crippen MR) is 118 cm³/mol. The molecule has 3 aromatic rings. The monoisotopic (exact) mass is 438 g/mol. The Labute approximate surface area is 185 Å². The Morgan fingerprint density at radius 2 is 1.66 bits per heavy atom. The van der Waals surface area contributed by atoms with Gasteiger partial charge in [0.25, 0.3) is 5.91 Å². The van der Waals surface area contributed by atoms with Gasteiger partial charge in [0.1, 0.15) is 23.9 Å². The Morgan fingerprint density at radius 1 is 0.938 bits per heavy atom. The summed E-state index contributed by atoms with van der Waals surface area (Å²) < 4.78 is 35.2. The first-order chi connectivity index (χ1) is 15.5. The average molecular weight is 438 g/mol. The molecule has 7 nitrogen and oxygen atoms in total. The molecule has 0 atom stereocenters. The number of hydrogen-bond donors (Lipinski definition) is 1. The average Bonchev–Trinajstić information content (AvgIpc) is 2.83. The molecule has 0 bridgehead atoms. The van der Waals surface area contributed by atoms with Crippen LogP contribution in [0.25, 0.3) is 0 Å². The maximum absolute atomic E-state index is 13.8. The summed E-state index contributed by atoms with van der Waals surface area (Å²) in [6.07, 6.45) is 1.47. The lowest BCUT2D eigenvalue weighted by Gasteiger charge is -2.11. The van der Waals surface area contributed by atoms with E-state index in [1.54, 1.807) is 54.6 Å². The summed E-state index contributed by atoms with van der Waals surface area (Å²) in [6.45, 7) is 0.0660. The van der Waals surface area contributed by atoms with Gasteiger partial charge in [0.15, 0.2) is 11.5 Å². The van der Waals surface area contributed by atoms with Crippen LogP contribution in [0.15, 0.2) is 65.8 Å². The number of amides is 1. The van der Waals surface area contributed by atoms with Crippen molar-refractivity contribution in [3.8, 4) is 23.0 Å². The summed E-state index contributed by atoms with van der Waals surface area (Å²) in [5.41, 5.74) is 3.91. The van der Waals surface area contributed by atoms with E-state index in [-0.39, 0.29) is 12.4 Å². The van der Waals surface area contributed by atoms with Gasteiger partial charge in [0, 0.05) is 17.2 Å². The van der Waals surface area contributed by atoms with Crippen LogP contribution in [-0.2, 0) is 6.61 Å². The maximum atomic E-state index is 13.8. The van der Waals surface area contributed by atoms with Crippen molar-refractivity contribution >= 4 is 12.1 Å². The van der Waals surface area contributed by atoms with E-state index >= 15 is 0 Å². The molecule has 0 aliphatic heterocycles. The number of hydrazone groups is 1. The molecule has 0 heterocycles. The minimum Gasteiger partial charge on any atom is -0.497 e. The Bertz CT molecular complexity index is 1100. The number of halogens is 1. The van der Waals surface area contributed by atoms with Crippen LogP contribution >= 0.6 is 0 Å². The molecule has 3 aromatic carbocycles. The van der Waals surface area contributed by atoms with Crippen LogP contribution in [0.3, 0.4) is 0 Å². The van der Waals surface area contributed by atoms with Crippen molar-refractivity contribution in [1.82, 2.24) is 5.43 Å². The Kier molecular flexibility index (Phi) is 7.64. The summed E-state index contributed by atoms with van der Waals surface area (Å²) in [6, 6.07) is 16.4. The molecule has 0 fully saturated rings. The zero-order valence-electron chi connectivity index (χ0n) is 17.9. The molecule has 8 heteroatoms. The van der Waals surface area contributed by atoms with E-state index in [0.717, 1.165) is 0 Å². The summed E-state index contributed by atoms with van der Waals surface area (Å²) in [5.74, 6) is 1.15. The maximum Gasteiger partial charge on any atom is 0.271 e. The highest BCUT2D eigenvalue weighted by molar-refractivity contribution is 5.95. The number of hydrogen-bond acceptors (Lipinski definition) is 6. The fraction of sp³-hybridized carbons (Fsp3) is 0.167. The van der Waals surface area contributed by atoms with Crippen molar-refractivity contribution in [3.63, 3.8) is 0 Å². The second-order valence-electron chi connectivity index (χ2n) is 6.59. The lowest BCUT2D eigenvalue weighted by atomic mass is 10.2. The molecule has 0 saturated carbocycles. The highest BCUT2D eigenvalue weighted by Crippen LogP contribution is 2.28. The van der Waals surface area contributed by atoms with E-state index in [1.165, 1.54) is 33.6 Å². The van der Waals surface area contributed by atoms with Gasteiger partial charge in [-0.15, -0.1) is 0 Å². The summed E-state index contributed by atoms with van der Waals surface area (Å²) >= 11 is 0. The number of nitrogens with zero attached hydrogens (tertiary/aromatic N) is 1. The van der Waals surface area contributed by atoms with Crippen LogP contribution in [-0.4, -0.2) is 33.5 Å². The van der Waals surface area contributed by atoms with Gasteiger partial charge in [-0.2, -0.15) is 5.10 Å². The molecular weight excluding hydrogens is 415 g/mol. The van der Waals surface area contributed by atoms with Crippen molar-refractivity contribution < 1.29 is 28.1 Å². The number of methoxy groups -OCH3 is 3. The van der Waals surface area contributed by atoms with Crippen LogP contribution < -0.4 is 24.4 Å². The summed E-state index contributed by atoms with van der Waals surface area (Å²) in [5, 5.41) is 3.99. The predicted octanol–water partition coefficient (Wildman–Crippen LogP) is 4.19. The van der Waals surface area contributed by atoms with Crippen molar-refractivity contribution in [2.45, 2.75) is 6.61 Å². The number of rotatable bonds is 9. The van der Waals surface area contributed by atoms with Gasteiger partial charge in [-0.25, -0.2) is 9.82 Å². The lowest BCUT2D eigenvalue weighted by Crippen LogP contribution is -2.17. The molecule has 32 heavy (non-hydrogen) atoms. The van der Waals surface area contributed by atoms with Gasteiger partial charge in [0.2, 0.25) is 0 Å². The molecule has 1 N–H and O–H groups in total. The largest absolute Gasteiger partial charge is 0.497 e. The van der Waals surface area contributed by atoms with Crippen LogP contribution in [0.1, 0.15) is 21.5 Å². The third kappa shape index (κ3) is 5.75.